The molecule has 0 aliphatic carbocycles. The second-order valence-corrected chi connectivity index (χ2v) is 5.48. The summed E-state index contributed by atoms with van der Waals surface area (Å²) in [6.45, 7) is 2.08. The van der Waals surface area contributed by atoms with E-state index in [0.717, 1.165) is 26.9 Å². The molecule has 104 valence electrons. The average Bonchev–Trinajstić information content (AvgIpc) is 2.51. The molecule has 3 heteroatoms. The minimum Gasteiger partial charge on any atom is -0.332 e. The maximum atomic E-state index is 5.51. The van der Waals surface area contributed by atoms with Crippen molar-refractivity contribution >= 4 is 35.4 Å². The molecule has 0 saturated carbocycles. The number of hydrogen-bond acceptors (Lipinski definition) is 2. The quantitative estimate of drug-likeness (QED) is 0.632. The molecule has 21 heavy (non-hydrogen) atoms. The Balaban J connectivity index is 2.06. The van der Waals surface area contributed by atoms with Crippen LogP contribution < -0.4 is 0 Å². The number of para-hydroxylation sites is 2. The summed E-state index contributed by atoms with van der Waals surface area (Å²) in [5.74, 6) is 0. The lowest BCUT2D eigenvalue weighted by Gasteiger charge is -2.07. The van der Waals surface area contributed by atoms with Gasteiger partial charge in [-0.3, -0.25) is 0 Å². The number of aromatic nitrogens is 2. The fraction of sp³-hybridized carbons (Fsp3) is 0.111. The lowest BCUT2D eigenvalue weighted by Crippen LogP contribution is -1.99. The van der Waals surface area contributed by atoms with Crippen molar-refractivity contribution in [1.82, 2.24) is 9.55 Å². The van der Waals surface area contributed by atoms with Gasteiger partial charge in [0.25, 0.3) is 0 Å². The van der Waals surface area contributed by atoms with Gasteiger partial charge in [-0.15, -0.1) is 0 Å². The van der Waals surface area contributed by atoms with Crippen LogP contribution in [-0.2, 0) is 7.05 Å². The van der Waals surface area contributed by atoms with Crippen LogP contribution in [0.3, 0.4) is 0 Å². The first-order valence-corrected chi connectivity index (χ1v) is 7.26. The fourth-order valence-electron chi connectivity index (χ4n) is 2.26. The predicted octanol–water partition coefficient (Wildman–Crippen LogP) is 4.78. The highest BCUT2D eigenvalue weighted by atomic mass is 32.1. The summed E-state index contributed by atoms with van der Waals surface area (Å²) in [7, 11) is 1.98. The van der Waals surface area contributed by atoms with E-state index in [1.165, 1.54) is 5.56 Å². The summed E-state index contributed by atoms with van der Waals surface area (Å²) >= 11 is 5.51. The molecule has 0 amide bonds. The Hall–Kier alpha value is -2.26. The van der Waals surface area contributed by atoms with Crippen molar-refractivity contribution in [3.8, 4) is 0 Å². The van der Waals surface area contributed by atoms with Crippen LogP contribution in [0.25, 0.3) is 23.2 Å². The molecule has 0 bridgehead atoms. The van der Waals surface area contributed by atoms with Crippen molar-refractivity contribution in [3.63, 3.8) is 0 Å². The number of benzene rings is 2. The Morgan fingerprint density at radius 3 is 2.48 bits per heavy atom. The van der Waals surface area contributed by atoms with Gasteiger partial charge in [-0.25, -0.2) is 4.98 Å². The minimum absolute atomic E-state index is 0.747. The first kappa shape index (κ1) is 13.7. The van der Waals surface area contributed by atoms with Crippen LogP contribution >= 0.6 is 12.2 Å². The van der Waals surface area contributed by atoms with E-state index in [1.54, 1.807) is 0 Å². The second-order valence-electron chi connectivity index (χ2n) is 5.09. The highest BCUT2D eigenvalue weighted by Crippen LogP contribution is 2.15. The maximum Gasteiger partial charge on any atom is 0.132 e. The molecular formula is C18H16N2S. The largest absolute Gasteiger partial charge is 0.332 e. The Labute approximate surface area is 129 Å². The van der Waals surface area contributed by atoms with Gasteiger partial charge < -0.3 is 4.57 Å². The molecule has 0 radical (unpaired) electrons. The van der Waals surface area contributed by atoms with Gasteiger partial charge in [0, 0.05) is 7.05 Å². The molecule has 0 aliphatic rings. The summed E-state index contributed by atoms with van der Waals surface area (Å²) in [5, 5.41) is 0. The van der Waals surface area contributed by atoms with Gasteiger partial charge in [-0.2, -0.15) is 0 Å². The van der Waals surface area contributed by atoms with Crippen LogP contribution in [0.4, 0.5) is 0 Å². The third-order valence-electron chi connectivity index (χ3n) is 3.52. The van der Waals surface area contributed by atoms with E-state index in [1.807, 2.05) is 48.0 Å². The molecule has 3 rings (SSSR count). The van der Waals surface area contributed by atoms with Crippen LogP contribution in [0, 0.1) is 11.6 Å². The maximum absolute atomic E-state index is 5.51. The molecule has 0 spiro atoms. The first-order valence-electron chi connectivity index (χ1n) is 6.86. The molecule has 0 atom stereocenters. The van der Waals surface area contributed by atoms with Crippen molar-refractivity contribution in [2.75, 3.05) is 0 Å². The van der Waals surface area contributed by atoms with Crippen molar-refractivity contribution < 1.29 is 0 Å². The SMILES string of the molecule is Cc1ccc(C=Cc2nc3ccccc3n(C)c2=S)cc1. The zero-order chi connectivity index (χ0) is 14.8. The van der Waals surface area contributed by atoms with E-state index in [4.69, 9.17) is 12.2 Å². The second kappa shape index (κ2) is 5.62. The molecular weight excluding hydrogens is 276 g/mol. The summed E-state index contributed by atoms with van der Waals surface area (Å²) in [5.41, 5.74) is 5.23. The number of hydrogen-bond donors (Lipinski definition) is 0. The highest BCUT2D eigenvalue weighted by Gasteiger charge is 2.02. The molecule has 0 saturated heterocycles. The van der Waals surface area contributed by atoms with Crippen LogP contribution in [0.1, 0.15) is 16.8 Å². The lowest BCUT2D eigenvalue weighted by molar-refractivity contribution is 0.917. The predicted molar refractivity (Wildman–Crippen MR) is 91.7 cm³/mol. The van der Waals surface area contributed by atoms with Crippen LogP contribution in [0.2, 0.25) is 0 Å². The summed E-state index contributed by atoms with van der Waals surface area (Å²) in [4.78, 5) is 4.66. The van der Waals surface area contributed by atoms with Crippen LogP contribution in [0.15, 0.2) is 48.5 Å². The monoisotopic (exact) mass is 292 g/mol. The number of aryl methyl sites for hydroxylation is 2. The van der Waals surface area contributed by atoms with Crippen molar-refractivity contribution in [1.29, 1.82) is 0 Å². The van der Waals surface area contributed by atoms with Gasteiger partial charge in [0.15, 0.2) is 0 Å². The smallest absolute Gasteiger partial charge is 0.132 e. The van der Waals surface area contributed by atoms with Gasteiger partial charge in [-0.05, 0) is 30.7 Å². The third kappa shape index (κ3) is 2.78. The standard InChI is InChI=1S/C18H16N2S/c1-13-7-9-14(10-8-13)11-12-16-18(21)20(2)17-6-4-3-5-15(17)19-16/h3-12H,1-2H3. The van der Waals surface area contributed by atoms with Crippen molar-refractivity contribution in [2.45, 2.75) is 6.92 Å². The van der Waals surface area contributed by atoms with Crippen LogP contribution in [0.5, 0.6) is 0 Å². The van der Waals surface area contributed by atoms with Crippen molar-refractivity contribution in [3.05, 3.63) is 70.0 Å². The van der Waals surface area contributed by atoms with E-state index in [-0.39, 0.29) is 0 Å². The van der Waals surface area contributed by atoms with Gasteiger partial charge in [-0.1, -0.05) is 60.3 Å². The molecule has 2 aromatic carbocycles. The summed E-state index contributed by atoms with van der Waals surface area (Å²) < 4.78 is 2.75. The van der Waals surface area contributed by atoms with Gasteiger partial charge >= 0.3 is 0 Å². The third-order valence-corrected chi connectivity index (χ3v) is 4.00. The molecule has 0 unspecified atom stereocenters. The lowest BCUT2D eigenvalue weighted by atomic mass is 10.1. The van der Waals surface area contributed by atoms with Gasteiger partial charge in [0.1, 0.15) is 4.64 Å². The Morgan fingerprint density at radius 2 is 1.71 bits per heavy atom. The topological polar surface area (TPSA) is 17.8 Å². The molecule has 0 N–H and O–H groups in total. The molecule has 0 fully saturated rings. The summed E-state index contributed by atoms with van der Waals surface area (Å²) in [6, 6.07) is 16.4. The van der Waals surface area contributed by atoms with Crippen molar-refractivity contribution in [2.24, 2.45) is 7.05 Å². The Kier molecular flexibility index (Phi) is 3.67. The minimum atomic E-state index is 0.747. The zero-order valence-corrected chi connectivity index (χ0v) is 12.9. The van der Waals surface area contributed by atoms with Gasteiger partial charge in [0.05, 0.1) is 16.7 Å². The normalized spacial score (nSPS) is 11.3. The molecule has 1 heterocycles. The average molecular weight is 292 g/mol. The van der Waals surface area contributed by atoms with E-state index in [9.17, 15) is 0 Å². The van der Waals surface area contributed by atoms with E-state index >= 15 is 0 Å². The number of fused-ring (bicyclic) bond motifs is 1. The Morgan fingerprint density at radius 1 is 1.00 bits per heavy atom. The first-order chi connectivity index (χ1) is 10.1. The highest BCUT2D eigenvalue weighted by molar-refractivity contribution is 7.71. The number of nitrogens with zero attached hydrogens (tertiary/aromatic N) is 2. The zero-order valence-electron chi connectivity index (χ0n) is 12.1. The fourth-order valence-corrected chi connectivity index (χ4v) is 2.47. The number of rotatable bonds is 2. The molecule has 3 aromatic rings. The van der Waals surface area contributed by atoms with E-state index in [0.29, 0.717) is 0 Å². The van der Waals surface area contributed by atoms with E-state index < -0.39 is 0 Å². The van der Waals surface area contributed by atoms with E-state index in [2.05, 4.69) is 36.2 Å². The van der Waals surface area contributed by atoms with Gasteiger partial charge in [0.2, 0.25) is 0 Å². The molecule has 1 aromatic heterocycles. The summed E-state index contributed by atoms with van der Waals surface area (Å²) in [6.07, 6.45) is 4.03. The molecule has 0 aliphatic heterocycles. The molecule has 2 nitrogen and oxygen atoms in total. The Bertz CT molecular complexity index is 874. The van der Waals surface area contributed by atoms with Crippen LogP contribution in [-0.4, -0.2) is 9.55 Å².